The van der Waals surface area contributed by atoms with E-state index in [9.17, 15) is 9.59 Å². The zero-order chi connectivity index (χ0) is 13.8. The highest BCUT2D eigenvalue weighted by molar-refractivity contribution is 7.09. The molecule has 6 heteroatoms. The van der Waals surface area contributed by atoms with Crippen molar-refractivity contribution in [1.29, 1.82) is 0 Å². The van der Waals surface area contributed by atoms with E-state index in [-0.39, 0.29) is 5.91 Å². The van der Waals surface area contributed by atoms with Crippen LogP contribution in [0.5, 0.6) is 0 Å². The molecule has 0 aliphatic carbocycles. The Morgan fingerprint density at radius 1 is 1.53 bits per heavy atom. The Balaban J connectivity index is 2.05. The lowest BCUT2D eigenvalue weighted by molar-refractivity contribution is -0.150. The van der Waals surface area contributed by atoms with Crippen molar-refractivity contribution in [3.8, 4) is 0 Å². The van der Waals surface area contributed by atoms with Crippen molar-refractivity contribution in [2.24, 2.45) is 0 Å². The van der Waals surface area contributed by atoms with Gasteiger partial charge in [-0.2, -0.15) is 0 Å². The summed E-state index contributed by atoms with van der Waals surface area (Å²) >= 11 is 1.52. The molecular formula is C13H16N2O3S. The van der Waals surface area contributed by atoms with Crippen LogP contribution in [0.4, 0.5) is 0 Å². The smallest absolute Gasteiger partial charge is 0.326 e. The number of piperidine rings is 1. The molecule has 2 rings (SSSR count). The molecule has 1 amide bonds. The lowest BCUT2D eigenvalue weighted by atomic mass is 10.0. The van der Waals surface area contributed by atoms with Crippen molar-refractivity contribution >= 4 is 29.3 Å². The minimum absolute atomic E-state index is 0.252. The van der Waals surface area contributed by atoms with E-state index in [1.54, 1.807) is 6.08 Å². The van der Waals surface area contributed by atoms with Crippen molar-refractivity contribution in [3.63, 3.8) is 0 Å². The largest absolute Gasteiger partial charge is 0.480 e. The third kappa shape index (κ3) is 3.41. The van der Waals surface area contributed by atoms with Crippen molar-refractivity contribution in [2.75, 3.05) is 6.54 Å². The number of nitrogens with zero attached hydrogens (tertiary/aromatic N) is 2. The lowest BCUT2D eigenvalue weighted by Gasteiger charge is -2.32. The highest BCUT2D eigenvalue weighted by Gasteiger charge is 2.30. The van der Waals surface area contributed by atoms with Crippen LogP contribution in [-0.4, -0.2) is 39.5 Å². The summed E-state index contributed by atoms with van der Waals surface area (Å²) in [5.74, 6) is -1.18. The Hall–Kier alpha value is -1.69. The first-order valence-electron chi connectivity index (χ1n) is 6.21. The van der Waals surface area contributed by atoms with Crippen LogP contribution in [0, 0.1) is 6.92 Å². The fraction of sp³-hybridized carbons (Fsp3) is 0.462. The molecule has 1 aromatic rings. The first kappa shape index (κ1) is 13.7. The molecule has 0 saturated carbocycles. The van der Waals surface area contributed by atoms with Gasteiger partial charge in [-0.05, 0) is 32.3 Å². The number of carboxylic acid groups (broad SMARTS) is 1. The van der Waals surface area contributed by atoms with Crippen LogP contribution in [0.2, 0.25) is 0 Å². The SMILES string of the molecule is Cc1nc(C=CC(=O)N2CCCC[C@H]2C(=O)O)cs1. The Morgan fingerprint density at radius 2 is 2.32 bits per heavy atom. The first-order valence-corrected chi connectivity index (χ1v) is 7.09. The van der Waals surface area contributed by atoms with Gasteiger partial charge in [0.1, 0.15) is 6.04 Å². The molecule has 102 valence electrons. The number of aliphatic carboxylic acids is 1. The average molecular weight is 280 g/mol. The monoisotopic (exact) mass is 280 g/mol. The van der Waals surface area contributed by atoms with Gasteiger partial charge in [0.05, 0.1) is 10.7 Å². The number of likely N-dealkylation sites (tertiary alicyclic amines) is 1. The van der Waals surface area contributed by atoms with Crippen LogP contribution < -0.4 is 0 Å². The summed E-state index contributed by atoms with van der Waals surface area (Å²) in [6, 6.07) is -0.692. The number of hydrogen-bond donors (Lipinski definition) is 1. The maximum atomic E-state index is 12.0. The Morgan fingerprint density at radius 3 is 2.95 bits per heavy atom. The van der Waals surface area contributed by atoms with Crippen molar-refractivity contribution in [2.45, 2.75) is 32.2 Å². The van der Waals surface area contributed by atoms with Gasteiger partial charge in [0.15, 0.2) is 0 Å². The van der Waals surface area contributed by atoms with E-state index in [0.717, 1.165) is 23.5 Å². The summed E-state index contributed by atoms with van der Waals surface area (Å²) in [5, 5.41) is 11.9. The molecule has 1 fully saturated rings. The third-order valence-electron chi connectivity index (χ3n) is 3.10. The van der Waals surface area contributed by atoms with Crippen LogP contribution in [0.1, 0.15) is 30.0 Å². The van der Waals surface area contributed by atoms with E-state index in [0.29, 0.717) is 13.0 Å². The van der Waals surface area contributed by atoms with E-state index in [4.69, 9.17) is 5.11 Å². The zero-order valence-corrected chi connectivity index (χ0v) is 11.5. The second-order valence-electron chi connectivity index (χ2n) is 4.51. The predicted octanol–water partition coefficient (Wildman–Crippen LogP) is 1.93. The maximum absolute atomic E-state index is 12.0. The second kappa shape index (κ2) is 5.97. The molecule has 1 N–H and O–H groups in total. The predicted molar refractivity (Wildman–Crippen MR) is 72.9 cm³/mol. The number of carboxylic acids is 1. The van der Waals surface area contributed by atoms with Crippen LogP contribution in [0.15, 0.2) is 11.5 Å². The number of amides is 1. The summed E-state index contributed by atoms with van der Waals surface area (Å²) < 4.78 is 0. The summed E-state index contributed by atoms with van der Waals surface area (Å²) in [7, 11) is 0. The third-order valence-corrected chi connectivity index (χ3v) is 3.90. The minimum Gasteiger partial charge on any atom is -0.480 e. The lowest BCUT2D eigenvalue weighted by Crippen LogP contribution is -2.47. The zero-order valence-electron chi connectivity index (χ0n) is 10.7. The van der Waals surface area contributed by atoms with E-state index < -0.39 is 12.0 Å². The van der Waals surface area contributed by atoms with Crippen LogP contribution >= 0.6 is 11.3 Å². The first-order chi connectivity index (χ1) is 9.08. The quantitative estimate of drug-likeness (QED) is 0.859. The molecule has 19 heavy (non-hydrogen) atoms. The van der Waals surface area contributed by atoms with E-state index in [2.05, 4.69) is 4.98 Å². The van der Waals surface area contributed by atoms with Crippen molar-refractivity contribution < 1.29 is 14.7 Å². The molecule has 1 saturated heterocycles. The number of rotatable bonds is 3. The Kier molecular flexibility index (Phi) is 4.31. The van der Waals surface area contributed by atoms with Gasteiger partial charge in [0, 0.05) is 18.0 Å². The molecule has 1 aliphatic heterocycles. The summed E-state index contributed by atoms with van der Waals surface area (Å²) in [5.41, 5.74) is 0.736. The molecule has 5 nitrogen and oxygen atoms in total. The van der Waals surface area contributed by atoms with Gasteiger partial charge in [-0.1, -0.05) is 0 Å². The highest BCUT2D eigenvalue weighted by Crippen LogP contribution is 2.18. The minimum atomic E-state index is -0.925. The number of carbonyl (C=O) groups is 2. The molecule has 1 aromatic heterocycles. The van der Waals surface area contributed by atoms with Gasteiger partial charge < -0.3 is 10.0 Å². The molecule has 1 atom stereocenters. The fourth-order valence-corrected chi connectivity index (χ4v) is 2.74. The number of thiazole rings is 1. The van der Waals surface area contributed by atoms with Crippen LogP contribution in [0.25, 0.3) is 6.08 Å². The molecule has 0 aromatic carbocycles. The second-order valence-corrected chi connectivity index (χ2v) is 5.57. The summed E-state index contributed by atoms with van der Waals surface area (Å²) in [6.07, 6.45) is 5.30. The molecule has 0 bridgehead atoms. The summed E-state index contributed by atoms with van der Waals surface area (Å²) in [6.45, 7) is 2.41. The average Bonchev–Trinajstić information content (AvgIpc) is 2.81. The van der Waals surface area contributed by atoms with Gasteiger partial charge in [-0.25, -0.2) is 9.78 Å². The molecule has 0 unspecified atom stereocenters. The standard InChI is InChI=1S/C13H16N2O3S/c1-9-14-10(8-19-9)5-6-12(16)15-7-3-2-4-11(15)13(17)18/h5-6,8,11H,2-4,7H2,1H3,(H,17,18)/t11-/m0/s1. The van der Waals surface area contributed by atoms with E-state index in [1.807, 2.05) is 12.3 Å². The van der Waals surface area contributed by atoms with Crippen LogP contribution in [0.3, 0.4) is 0 Å². The van der Waals surface area contributed by atoms with Gasteiger partial charge in [-0.3, -0.25) is 4.79 Å². The molecule has 2 heterocycles. The summed E-state index contributed by atoms with van der Waals surface area (Å²) in [4.78, 5) is 28.8. The fourth-order valence-electron chi connectivity index (χ4n) is 2.16. The normalized spacial score (nSPS) is 19.8. The number of carbonyl (C=O) groups excluding carboxylic acids is 1. The van der Waals surface area contributed by atoms with Gasteiger partial charge in [0.25, 0.3) is 0 Å². The Bertz CT molecular complexity index is 510. The number of aryl methyl sites for hydroxylation is 1. The molecular weight excluding hydrogens is 264 g/mol. The van der Waals surface area contributed by atoms with Crippen molar-refractivity contribution in [3.05, 3.63) is 22.2 Å². The van der Waals surface area contributed by atoms with Gasteiger partial charge in [-0.15, -0.1) is 11.3 Å². The van der Waals surface area contributed by atoms with E-state index in [1.165, 1.54) is 22.3 Å². The highest BCUT2D eigenvalue weighted by atomic mass is 32.1. The molecule has 0 radical (unpaired) electrons. The Labute approximate surface area is 115 Å². The number of aromatic nitrogens is 1. The van der Waals surface area contributed by atoms with Crippen LogP contribution in [-0.2, 0) is 9.59 Å². The van der Waals surface area contributed by atoms with Crippen molar-refractivity contribution in [1.82, 2.24) is 9.88 Å². The maximum Gasteiger partial charge on any atom is 0.326 e. The van der Waals surface area contributed by atoms with E-state index >= 15 is 0 Å². The van der Waals surface area contributed by atoms with Gasteiger partial charge >= 0.3 is 5.97 Å². The van der Waals surface area contributed by atoms with Gasteiger partial charge in [0.2, 0.25) is 5.91 Å². The topological polar surface area (TPSA) is 70.5 Å². The molecule has 1 aliphatic rings. The number of hydrogen-bond acceptors (Lipinski definition) is 4. The molecule has 0 spiro atoms.